The summed E-state index contributed by atoms with van der Waals surface area (Å²) in [7, 11) is 0. The number of nitrogens with zero attached hydrogens (tertiary/aromatic N) is 1. The molecule has 5 heteroatoms. The van der Waals surface area contributed by atoms with E-state index in [2.05, 4.69) is 10.6 Å². The van der Waals surface area contributed by atoms with E-state index in [1.54, 1.807) is 0 Å². The van der Waals surface area contributed by atoms with Gasteiger partial charge in [-0.05, 0) is 32.0 Å². The highest BCUT2D eigenvalue weighted by molar-refractivity contribution is 5.89. The minimum Gasteiger partial charge on any atom is -0.323 e. The zero-order chi connectivity index (χ0) is 12.1. The third-order valence-electron chi connectivity index (χ3n) is 2.93. The summed E-state index contributed by atoms with van der Waals surface area (Å²) in [6, 6.07) is 7.86. The predicted molar refractivity (Wildman–Crippen MR) is 76.5 cm³/mol. The zero-order valence-electron chi connectivity index (χ0n) is 10.6. The van der Waals surface area contributed by atoms with Gasteiger partial charge in [0, 0.05) is 25.3 Å². The molecular weight excluding hydrogens is 250 g/mol. The number of rotatable bonds is 1. The van der Waals surface area contributed by atoms with Crippen molar-refractivity contribution in [2.75, 3.05) is 31.5 Å². The number of carbonyl (C=O) groups excluding carboxylic acids is 1. The van der Waals surface area contributed by atoms with Crippen LogP contribution in [0.15, 0.2) is 24.3 Å². The lowest BCUT2D eigenvalue weighted by Crippen LogP contribution is -2.37. The minimum atomic E-state index is -0.00227. The Labute approximate surface area is 114 Å². The molecule has 0 aliphatic carbocycles. The number of amides is 2. The molecule has 0 spiro atoms. The maximum absolute atomic E-state index is 12.0. The Morgan fingerprint density at radius 2 is 1.94 bits per heavy atom. The molecule has 0 saturated carbocycles. The van der Waals surface area contributed by atoms with Crippen molar-refractivity contribution >= 4 is 24.1 Å². The number of urea groups is 1. The molecule has 1 aromatic carbocycles. The fraction of sp³-hybridized carbons (Fsp3) is 0.462. The van der Waals surface area contributed by atoms with Crippen molar-refractivity contribution in [3.63, 3.8) is 0 Å². The van der Waals surface area contributed by atoms with E-state index in [-0.39, 0.29) is 18.4 Å². The molecule has 1 aromatic rings. The lowest BCUT2D eigenvalue weighted by Gasteiger charge is -2.20. The van der Waals surface area contributed by atoms with Gasteiger partial charge in [0.1, 0.15) is 0 Å². The summed E-state index contributed by atoms with van der Waals surface area (Å²) in [5.41, 5.74) is 2.06. The van der Waals surface area contributed by atoms with Crippen LogP contribution >= 0.6 is 12.4 Å². The van der Waals surface area contributed by atoms with E-state index in [1.807, 2.05) is 36.1 Å². The standard InChI is InChI=1S/C13H19N3O.ClH/c1-11-3-5-12(6-4-11)15-13(17)16-9-2-7-14-8-10-16;/h3-6,14H,2,7-10H2,1H3,(H,15,17);1H. The number of nitrogens with one attached hydrogen (secondary N) is 2. The van der Waals surface area contributed by atoms with Crippen LogP contribution in [0.1, 0.15) is 12.0 Å². The third-order valence-corrected chi connectivity index (χ3v) is 2.93. The number of anilines is 1. The highest BCUT2D eigenvalue weighted by atomic mass is 35.5. The first kappa shape index (κ1) is 14.8. The second kappa shape index (κ2) is 7.24. The molecule has 1 aliphatic rings. The number of aryl methyl sites for hydroxylation is 1. The largest absolute Gasteiger partial charge is 0.323 e. The molecule has 1 aliphatic heterocycles. The number of benzene rings is 1. The molecule has 0 unspecified atom stereocenters. The summed E-state index contributed by atoms with van der Waals surface area (Å²) >= 11 is 0. The van der Waals surface area contributed by atoms with Gasteiger partial charge in [-0.15, -0.1) is 12.4 Å². The SMILES string of the molecule is Cc1ccc(NC(=O)N2CCCNCC2)cc1.Cl. The first-order valence-corrected chi connectivity index (χ1v) is 6.09. The van der Waals surface area contributed by atoms with Gasteiger partial charge >= 0.3 is 6.03 Å². The fourth-order valence-corrected chi connectivity index (χ4v) is 1.89. The van der Waals surface area contributed by atoms with Crippen LogP contribution in [0.3, 0.4) is 0 Å². The van der Waals surface area contributed by atoms with Gasteiger partial charge in [0.25, 0.3) is 0 Å². The number of halogens is 1. The molecular formula is C13H20ClN3O. The summed E-state index contributed by atoms with van der Waals surface area (Å²) < 4.78 is 0. The summed E-state index contributed by atoms with van der Waals surface area (Å²) in [4.78, 5) is 13.9. The van der Waals surface area contributed by atoms with Gasteiger partial charge in [0.2, 0.25) is 0 Å². The summed E-state index contributed by atoms with van der Waals surface area (Å²) in [5, 5.41) is 6.21. The van der Waals surface area contributed by atoms with E-state index in [1.165, 1.54) is 5.56 Å². The maximum atomic E-state index is 12.0. The summed E-state index contributed by atoms with van der Waals surface area (Å²) in [6.07, 6.45) is 1.02. The minimum absolute atomic E-state index is 0. The van der Waals surface area contributed by atoms with Gasteiger partial charge in [-0.1, -0.05) is 17.7 Å². The molecule has 4 nitrogen and oxygen atoms in total. The van der Waals surface area contributed by atoms with Crippen LogP contribution in [-0.4, -0.2) is 37.1 Å². The van der Waals surface area contributed by atoms with Crippen LogP contribution in [0.5, 0.6) is 0 Å². The molecule has 0 aromatic heterocycles. The van der Waals surface area contributed by atoms with Gasteiger partial charge in [-0.25, -0.2) is 4.79 Å². The monoisotopic (exact) mass is 269 g/mol. The molecule has 2 N–H and O–H groups in total. The quantitative estimate of drug-likeness (QED) is 0.821. The Balaban J connectivity index is 0.00000162. The first-order valence-electron chi connectivity index (χ1n) is 6.09. The average molecular weight is 270 g/mol. The van der Waals surface area contributed by atoms with Crippen molar-refractivity contribution in [3.05, 3.63) is 29.8 Å². The van der Waals surface area contributed by atoms with Crippen molar-refractivity contribution in [1.82, 2.24) is 10.2 Å². The normalized spacial score (nSPS) is 15.5. The third kappa shape index (κ3) is 4.20. The molecule has 18 heavy (non-hydrogen) atoms. The maximum Gasteiger partial charge on any atom is 0.321 e. The van der Waals surface area contributed by atoms with E-state index in [9.17, 15) is 4.79 Å². The Bertz CT molecular complexity index is 372. The molecule has 100 valence electrons. The number of carbonyl (C=O) groups is 1. The van der Waals surface area contributed by atoms with E-state index in [0.717, 1.165) is 38.3 Å². The Kier molecular flexibility index (Phi) is 5.95. The van der Waals surface area contributed by atoms with Crippen LogP contribution in [0.4, 0.5) is 10.5 Å². The van der Waals surface area contributed by atoms with Gasteiger partial charge in [-0.2, -0.15) is 0 Å². The van der Waals surface area contributed by atoms with Crippen LogP contribution in [0.2, 0.25) is 0 Å². The molecule has 1 fully saturated rings. The van der Waals surface area contributed by atoms with E-state index < -0.39 is 0 Å². The van der Waals surface area contributed by atoms with Gasteiger partial charge < -0.3 is 15.5 Å². The van der Waals surface area contributed by atoms with Crippen LogP contribution in [0, 0.1) is 6.92 Å². The predicted octanol–water partition coefficient (Wildman–Crippen LogP) is 2.24. The second-order valence-electron chi connectivity index (χ2n) is 4.39. The van der Waals surface area contributed by atoms with Crippen LogP contribution in [-0.2, 0) is 0 Å². The van der Waals surface area contributed by atoms with Crippen molar-refractivity contribution in [3.8, 4) is 0 Å². The summed E-state index contributed by atoms with van der Waals surface area (Å²) in [5.74, 6) is 0. The van der Waals surface area contributed by atoms with Crippen molar-refractivity contribution in [1.29, 1.82) is 0 Å². The Hall–Kier alpha value is -1.26. The molecule has 2 rings (SSSR count). The molecule has 0 atom stereocenters. The molecule has 1 heterocycles. The van der Waals surface area contributed by atoms with E-state index in [0.29, 0.717) is 0 Å². The van der Waals surface area contributed by atoms with Gasteiger partial charge in [0.05, 0.1) is 0 Å². The van der Waals surface area contributed by atoms with Crippen molar-refractivity contribution in [2.45, 2.75) is 13.3 Å². The zero-order valence-corrected chi connectivity index (χ0v) is 11.4. The Morgan fingerprint density at radius 1 is 1.22 bits per heavy atom. The van der Waals surface area contributed by atoms with Gasteiger partial charge in [0.15, 0.2) is 0 Å². The number of hydrogen-bond acceptors (Lipinski definition) is 2. The average Bonchev–Trinajstić information content (AvgIpc) is 2.61. The van der Waals surface area contributed by atoms with Gasteiger partial charge in [-0.3, -0.25) is 0 Å². The molecule has 1 saturated heterocycles. The van der Waals surface area contributed by atoms with Crippen LogP contribution < -0.4 is 10.6 Å². The molecule has 0 bridgehead atoms. The Morgan fingerprint density at radius 3 is 2.67 bits per heavy atom. The topological polar surface area (TPSA) is 44.4 Å². The van der Waals surface area contributed by atoms with E-state index in [4.69, 9.17) is 0 Å². The smallest absolute Gasteiger partial charge is 0.321 e. The summed E-state index contributed by atoms with van der Waals surface area (Å²) in [6.45, 7) is 5.50. The highest BCUT2D eigenvalue weighted by Crippen LogP contribution is 2.10. The van der Waals surface area contributed by atoms with Crippen molar-refractivity contribution in [2.24, 2.45) is 0 Å². The first-order chi connectivity index (χ1) is 8.25. The lowest BCUT2D eigenvalue weighted by molar-refractivity contribution is 0.215. The highest BCUT2D eigenvalue weighted by Gasteiger charge is 2.14. The second-order valence-corrected chi connectivity index (χ2v) is 4.39. The molecule has 2 amide bonds. The number of hydrogen-bond donors (Lipinski definition) is 2. The lowest BCUT2D eigenvalue weighted by atomic mass is 10.2. The van der Waals surface area contributed by atoms with E-state index >= 15 is 0 Å². The van der Waals surface area contributed by atoms with Crippen molar-refractivity contribution < 1.29 is 4.79 Å². The fourth-order valence-electron chi connectivity index (χ4n) is 1.89. The molecule has 0 radical (unpaired) electrons. The van der Waals surface area contributed by atoms with Crippen LogP contribution in [0.25, 0.3) is 0 Å².